The van der Waals surface area contributed by atoms with Gasteiger partial charge in [-0.1, -0.05) is 30.3 Å². The molecular formula is C23H24N6. The summed E-state index contributed by atoms with van der Waals surface area (Å²) >= 11 is 0. The van der Waals surface area contributed by atoms with Crippen molar-refractivity contribution in [1.29, 1.82) is 5.26 Å². The third kappa shape index (κ3) is 4.30. The summed E-state index contributed by atoms with van der Waals surface area (Å²) in [5, 5.41) is 12.3. The van der Waals surface area contributed by atoms with E-state index in [-0.39, 0.29) is 0 Å². The molecule has 0 amide bonds. The number of aryl methyl sites for hydroxylation is 1. The summed E-state index contributed by atoms with van der Waals surface area (Å²) in [5.41, 5.74) is 4.17. The van der Waals surface area contributed by atoms with E-state index in [1.54, 1.807) is 6.07 Å². The Morgan fingerprint density at radius 1 is 0.966 bits per heavy atom. The molecule has 2 aromatic heterocycles. The van der Waals surface area contributed by atoms with E-state index in [0.29, 0.717) is 18.1 Å². The highest BCUT2D eigenvalue weighted by Gasteiger charge is 2.21. The van der Waals surface area contributed by atoms with Crippen molar-refractivity contribution in [2.24, 2.45) is 0 Å². The monoisotopic (exact) mass is 384 g/mol. The zero-order valence-corrected chi connectivity index (χ0v) is 16.5. The first-order valence-electron chi connectivity index (χ1n) is 9.85. The van der Waals surface area contributed by atoms with Crippen LogP contribution in [0.3, 0.4) is 0 Å². The second-order valence-corrected chi connectivity index (χ2v) is 7.12. The van der Waals surface area contributed by atoms with E-state index in [0.717, 1.165) is 37.6 Å². The number of nitrogens with one attached hydrogen (secondary N) is 1. The van der Waals surface area contributed by atoms with Crippen LogP contribution in [0.15, 0.2) is 60.8 Å². The minimum absolute atomic E-state index is 0.411. The van der Waals surface area contributed by atoms with E-state index >= 15 is 0 Å². The van der Waals surface area contributed by atoms with Gasteiger partial charge in [-0.25, -0.2) is 9.97 Å². The lowest BCUT2D eigenvalue weighted by Gasteiger charge is -2.38. The fourth-order valence-electron chi connectivity index (χ4n) is 3.71. The largest absolute Gasteiger partial charge is 0.368 e. The van der Waals surface area contributed by atoms with E-state index in [1.807, 2.05) is 24.4 Å². The highest BCUT2D eigenvalue weighted by Crippen LogP contribution is 2.24. The lowest BCUT2D eigenvalue weighted by molar-refractivity contribution is 0.644. The van der Waals surface area contributed by atoms with Gasteiger partial charge in [0.1, 0.15) is 23.4 Å². The molecule has 0 atom stereocenters. The first-order chi connectivity index (χ1) is 14.2. The summed E-state index contributed by atoms with van der Waals surface area (Å²) < 4.78 is 0. The molecule has 3 aromatic rings. The van der Waals surface area contributed by atoms with Crippen LogP contribution < -0.4 is 15.1 Å². The number of rotatable bonds is 5. The minimum atomic E-state index is 0.411. The topological polar surface area (TPSA) is 68.1 Å². The van der Waals surface area contributed by atoms with Gasteiger partial charge in [0, 0.05) is 50.2 Å². The predicted molar refractivity (Wildman–Crippen MR) is 116 cm³/mol. The van der Waals surface area contributed by atoms with Gasteiger partial charge < -0.3 is 15.1 Å². The molecule has 1 aliphatic rings. The van der Waals surface area contributed by atoms with Gasteiger partial charge in [0.2, 0.25) is 0 Å². The Labute approximate surface area is 171 Å². The molecule has 6 nitrogen and oxygen atoms in total. The van der Waals surface area contributed by atoms with Crippen molar-refractivity contribution < 1.29 is 0 Å². The molecule has 0 aliphatic carbocycles. The summed E-state index contributed by atoms with van der Waals surface area (Å²) in [6.45, 7) is 6.59. The molecular weight excluding hydrogens is 360 g/mol. The summed E-state index contributed by atoms with van der Waals surface area (Å²) in [4.78, 5) is 13.7. The number of nitriles is 1. The maximum atomic E-state index is 9.02. The number of piperazine rings is 1. The minimum Gasteiger partial charge on any atom is -0.368 e. The lowest BCUT2D eigenvalue weighted by Crippen LogP contribution is -2.47. The number of benzene rings is 1. The zero-order chi connectivity index (χ0) is 20.1. The van der Waals surface area contributed by atoms with Crippen molar-refractivity contribution in [3.63, 3.8) is 0 Å². The quantitative estimate of drug-likeness (QED) is 0.725. The second-order valence-electron chi connectivity index (χ2n) is 7.12. The number of anilines is 3. The van der Waals surface area contributed by atoms with Crippen molar-refractivity contribution in [2.45, 2.75) is 13.5 Å². The molecule has 6 heteroatoms. The van der Waals surface area contributed by atoms with Crippen LogP contribution in [-0.2, 0) is 6.54 Å². The zero-order valence-electron chi connectivity index (χ0n) is 16.5. The highest BCUT2D eigenvalue weighted by molar-refractivity contribution is 5.56. The van der Waals surface area contributed by atoms with Crippen LogP contribution in [0.4, 0.5) is 17.3 Å². The van der Waals surface area contributed by atoms with Gasteiger partial charge in [-0.15, -0.1) is 0 Å². The fourth-order valence-corrected chi connectivity index (χ4v) is 3.71. The van der Waals surface area contributed by atoms with E-state index < -0.39 is 0 Å². The van der Waals surface area contributed by atoms with Crippen molar-refractivity contribution >= 4 is 17.3 Å². The Bertz CT molecular complexity index is 1020. The molecule has 3 heterocycles. The second kappa shape index (κ2) is 8.61. The van der Waals surface area contributed by atoms with Crippen molar-refractivity contribution in [3.8, 4) is 6.07 Å². The molecule has 4 rings (SSSR count). The molecule has 1 fully saturated rings. The molecule has 1 N–H and O–H groups in total. The molecule has 0 radical (unpaired) electrons. The third-order valence-electron chi connectivity index (χ3n) is 5.23. The predicted octanol–water partition coefficient (Wildman–Crippen LogP) is 3.60. The van der Waals surface area contributed by atoms with E-state index in [9.17, 15) is 0 Å². The van der Waals surface area contributed by atoms with Crippen molar-refractivity contribution in [1.82, 2.24) is 9.97 Å². The lowest BCUT2D eigenvalue weighted by atomic mass is 10.1. The van der Waals surface area contributed by atoms with Crippen LogP contribution >= 0.6 is 0 Å². The molecule has 146 valence electrons. The van der Waals surface area contributed by atoms with Crippen LogP contribution in [0.5, 0.6) is 0 Å². The molecule has 1 saturated heterocycles. The molecule has 0 bridgehead atoms. The SMILES string of the molecule is Cc1ccccc1N1CCN(c2ncccc2CNc2cccc(C#N)n2)CC1. The Morgan fingerprint density at radius 3 is 2.55 bits per heavy atom. The Kier molecular flexibility index (Phi) is 5.57. The molecule has 0 spiro atoms. The maximum Gasteiger partial charge on any atom is 0.142 e. The normalized spacial score (nSPS) is 13.8. The fraction of sp³-hybridized carbons (Fsp3) is 0.261. The summed E-state index contributed by atoms with van der Waals surface area (Å²) in [5.74, 6) is 1.71. The van der Waals surface area contributed by atoms with Crippen molar-refractivity contribution in [2.75, 3.05) is 41.3 Å². The van der Waals surface area contributed by atoms with Gasteiger partial charge in [0.25, 0.3) is 0 Å². The molecule has 0 unspecified atom stereocenters. The Balaban J connectivity index is 1.43. The Hall–Kier alpha value is -3.59. The van der Waals surface area contributed by atoms with E-state index in [2.05, 4.69) is 68.4 Å². The summed E-state index contributed by atoms with van der Waals surface area (Å²) in [6, 6.07) is 20.1. The van der Waals surface area contributed by atoms with Gasteiger partial charge in [-0.2, -0.15) is 5.26 Å². The number of pyridine rings is 2. The number of hydrogen-bond acceptors (Lipinski definition) is 6. The van der Waals surface area contributed by atoms with Gasteiger partial charge >= 0.3 is 0 Å². The van der Waals surface area contributed by atoms with Gasteiger partial charge in [-0.05, 0) is 36.8 Å². The first-order valence-corrected chi connectivity index (χ1v) is 9.85. The number of aromatic nitrogens is 2. The van der Waals surface area contributed by atoms with Crippen LogP contribution in [0.25, 0.3) is 0 Å². The first kappa shape index (κ1) is 18.8. The van der Waals surface area contributed by atoms with Gasteiger partial charge in [-0.3, -0.25) is 0 Å². The molecule has 0 saturated carbocycles. The smallest absolute Gasteiger partial charge is 0.142 e. The van der Waals surface area contributed by atoms with Crippen LogP contribution in [-0.4, -0.2) is 36.1 Å². The van der Waals surface area contributed by atoms with Crippen LogP contribution in [0, 0.1) is 18.3 Å². The third-order valence-corrected chi connectivity index (χ3v) is 5.23. The molecule has 29 heavy (non-hydrogen) atoms. The van der Waals surface area contributed by atoms with E-state index in [1.165, 1.54) is 11.3 Å². The highest BCUT2D eigenvalue weighted by atomic mass is 15.3. The van der Waals surface area contributed by atoms with Crippen molar-refractivity contribution in [3.05, 3.63) is 77.6 Å². The number of nitrogens with zero attached hydrogens (tertiary/aromatic N) is 5. The van der Waals surface area contributed by atoms with Crippen LogP contribution in [0.2, 0.25) is 0 Å². The standard InChI is InChI=1S/C23H24N6/c1-18-6-2-3-9-21(18)28-12-14-29(15-13-28)23-19(7-5-11-25-23)17-26-22-10-4-8-20(16-24)27-22/h2-11H,12-15,17H2,1H3,(H,26,27). The van der Waals surface area contributed by atoms with Gasteiger partial charge in [0.05, 0.1) is 0 Å². The summed E-state index contributed by atoms with van der Waals surface area (Å²) in [6.07, 6.45) is 1.85. The summed E-state index contributed by atoms with van der Waals surface area (Å²) in [7, 11) is 0. The number of hydrogen-bond donors (Lipinski definition) is 1. The van der Waals surface area contributed by atoms with Gasteiger partial charge in [0.15, 0.2) is 0 Å². The number of para-hydroxylation sites is 1. The average molecular weight is 384 g/mol. The average Bonchev–Trinajstić information content (AvgIpc) is 2.78. The van der Waals surface area contributed by atoms with E-state index in [4.69, 9.17) is 5.26 Å². The molecule has 1 aliphatic heterocycles. The molecule has 1 aromatic carbocycles. The van der Waals surface area contributed by atoms with Crippen LogP contribution in [0.1, 0.15) is 16.8 Å². The Morgan fingerprint density at radius 2 is 1.76 bits per heavy atom. The maximum absolute atomic E-state index is 9.02.